The highest BCUT2D eigenvalue weighted by Gasteiger charge is 2.12. The van der Waals surface area contributed by atoms with Crippen LogP contribution in [0.25, 0.3) is 11.0 Å². The van der Waals surface area contributed by atoms with Crippen molar-refractivity contribution >= 4 is 34.0 Å². The van der Waals surface area contributed by atoms with Gasteiger partial charge in [-0.1, -0.05) is 54.5 Å². The van der Waals surface area contributed by atoms with Gasteiger partial charge in [0.2, 0.25) is 4.96 Å². The molecular formula is C24H22ClN3O4S. The Morgan fingerprint density at radius 3 is 2.64 bits per heavy atom. The summed E-state index contributed by atoms with van der Waals surface area (Å²) in [5.41, 5.74) is 1.04. The Hall–Kier alpha value is -3.23. The van der Waals surface area contributed by atoms with Gasteiger partial charge in [-0.3, -0.25) is 9.59 Å². The summed E-state index contributed by atoms with van der Waals surface area (Å²) in [6.07, 6.45) is 3.98. The minimum absolute atomic E-state index is 0.200. The lowest BCUT2D eigenvalue weighted by molar-refractivity contribution is 0.288. The van der Waals surface area contributed by atoms with Gasteiger partial charge in [0.1, 0.15) is 5.69 Å². The summed E-state index contributed by atoms with van der Waals surface area (Å²) in [6.45, 7) is 2.71. The van der Waals surface area contributed by atoms with E-state index in [1.165, 1.54) is 4.52 Å². The molecule has 2 aromatic carbocycles. The second-order valence-corrected chi connectivity index (χ2v) is 8.83. The summed E-state index contributed by atoms with van der Waals surface area (Å²) in [4.78, 5) is 29.7. The number of fused-ring (bicyclic) bond motifs is 1. The molecule has 170 valence electrons. The molecule has 0 amide bonds. The van der Waals surface area contributed by atoms with Crippen molar-refractivity contribution in [2.24, 2.45) is 0 Å². The summed E-state index contributed by atoms with van der Waals surface area (Å²) < 4.78 is 12.8. The van der Waals surface area contributed by atoms with Crippen molar-refractivity contribution in [2.45, 2.75) is 26.2 Å². The number of hydrogen-bond acceptors (Lipinski definition) is 7. The van der Waals surface area contributed by atoms with E-state index in [1.54, 1.807) is 25.3 Å². The number of aromatic nitrogens is 3. The van der Waals surface area contributed by atoms with E-state index in [0.717, 1.165) is 35.3 Å². The van der Waals surface area contributed by atoms with Crippen LogP contribution in [0.15, 0.2) is 52.1 Å². The minimum atomic E-state index is -0.451. The van der Waals surface area contributed by atoms with E-state index in [1.807, 2.05) is 30.3 Å². The molecule has 0 saturated carbocycles. The number of halogens is 1. The Labute approximate surface area is 198 Å². The van der Waals surface area contributed by atoms with Crippen LogP contribution < -0.4 is 25.1 Å². The highest BCUT2D eigenvalue weighted by Crippen LogP contribution is 2.28. The third-order valence-corrected chi connectivity index (χ3v) is 6.19. The number of unbranched alkanes of at least 4 members (excludes halogenated alkanes) is 1. The van der Waals surface area contributed by atoms with Crippen LogP contribution in [0.3, 0.4) is 0 Å². The van der Waals surface area contributed by atoms with Gasteiger partial charge in [0.25, 0.3) is 11.1 Å². The number of ether oxygens (including phenoxy) is 2. The van der Waals surface area contributed by atoms with E-state index in [9.17, 15) is 9.59 Å². The van der Waals surface area contributed by atoms with Gasteiger partial charge in [-0.05, 0) is 47.9 Å². The highest BCUT2D eigenvalue weighted by molar-refractivity contribution is 7.15. The van der Waals surface area contributed by atoms with E-state index in [2.05, 4.69) is 17.0 Å². The zero-order chi connectivity index (χ0) is 23.4. The Morgan fingerprint density at radius 1 is 1.12 bits per heavy atom. The molecule has 0 fully saturated rings. The SMILES string of the molecule is CCCCOc1ccc(C=c2sc3nc(=O)c(Cc4ccc(Cl)cc4)nn3c2=O)cc1OC. The van der Waals surface area contributed by atoms with Crippen molar-refractivity contribution < 1.29 is 9.47 Å². The molecule has 0 aliphatic heterocycles. The average Bonchev–Trinajstić information content (AvgIpc) is 3.10. The van der Waals surface area contributed by atoms with Crippen LogP contribution in [-0.4, -0.2) is 28.3 Å². The molecule has 0 aliphatic rings. The first-order valence-corrected chi connectivity index (χ1v) is 11.7. The Kier molecular flexibility index (Phi) is 7.05. The van der Waals surface area contributed by atoms with Crippen molar-refractivity contribution in [1.82, 2.24) is 14.6 Å². The summed E-state index contributed by atoms with van der Waals surface area (Å²) in [6, 6.07) is 12.6. The van der Waals surface area contributed by atoms with E-state index >= 15 is 0 Å². The molecule has 33 heavy (non-hydrogen) atoms. The molecule has 9 heteroatoms. The van der Waals surface area contributed by atoms with Gasteiger partial charge in [-0.25, -0.2) is 0 Å². The van der Waals surface area contributed by atoms with Crippen LogP contribution in [0.5, 0.6) is 11.5 Å². The fourth-order valence-electron chi connectivity index (χ4n) is 3.22. The molecular weight excluding hydrogens is 462 g/mol. The van der Waals surface area contributed by atoms with Crippen molar-refractivity contribution in [2.75, 3.05) is 13.7 Å². The molecule has 0 N–H and O–H groups in total. The fraction of sp³-hybridized carbons (Fsp3) is 0.250. The first-order valence-electron chi connectivity index (χ1n) is 10.5. The third kappa shape index (κ3) is 5.23. The van der Waals surface area contributed by atoms with Crippen LogP contribution in [0.1, 0.15) is 36.6 Å². The molecule has 2 aromatic heterocycles. The molecule has 4 aromatic rings. The molecule has 0 saturated heterocycles. The second kappa shape index (κ2) is 10.1. The van der Waals surface area contributed by atoms with Gasteiger partial charge in [0, 0.05) is 11.4 Å². The Morgan fingerprint density at radius 2 is 1.91 bits per heavy atom. The quantitative estimate of drug-likeness (QED) is 0.357. The predicted molar refractivity (Wildman–Crippen MR) is 130 cm³/mol. The summed E-state index contributed by atoms with van der Waals surface area (Å²) in [7, 11) is 1.58. The van der Waals surface area contributed by atoms with Crippen molar-refractivity contribution in [3.63, 3.8) is 0 Å². The maximum absolute atomic E-state index is 13.0. The molecule has 0 spiro atoms. The van der Waals surface area contributed by atoms with Gasteiger partial charge in [-0.2, -0.15) is 14.6 Å². The lowest BCUT2D eigenvalue weighted by Gasteiger charge is -2.10. The monoisotopic (exact) mass is 483 g/mol. The molecule has 0 radical (unpaired) electrons. The van der Waals surface area contributed by atoms with E-state index < -0.39 is 5.56 Å². The highest BCUT2D eigenvalue weighted by atomic mass is 35.5. The molecule has 0 atom stereocenters. The van der Waals surface area contributed by atoms with Gasteiger partial charge in [0.05, 0.1) is 18.2 Å². The second-order valence-electron chi connectivity index (χ2n) is 7.39. The largest absolute Gasteiger partial charge is 0.493 e. The Bertz CT molecular complexity index is 1450. The first kappa shape index (κ1) is 22.9. The number of benzene rings is 2. The van der Waals surface area contributed by atoms with Crippen molar-refractivity contribution in [1.29, 1.82) is 0 Å². The summed E-state index contributed by atoms with van der Waals surface area (Å²) in [5.74, 6) is 1.24. The topological polar surface area (TPSA) is 82.8 Å². The molecule has 4 rings (SSSR count). The van der Waals surface area contributed by atoms with Gasteiger partial charge in [0.15, 0.2) is 11.5 Å². The van der Waals surface area contributed by atoms with E-state index in [-0.39, 0.29) is 22.6 Å². The Balaban J connectivity index is 1.68. The van der Waals surface area contributed by atoms with Crippen LogP contribution in [-0.2, 0) is 6.42 Å². The number of thiazole rings is 1. The zero-order valence-electron chi connectivity index (χ0n) is 18.2. The van der Waals surface area contributed by atoms with Crippen LogP contribution in [0, 0.1) is 0 Å². The van der Waals surface area contributed by atoms with Crippen molar-refractivity contribution in [3.05, 3.63) is 89.5 Å². The minimum Gasteiger partial charge on any atom is -0.493 e. The standard InChI is InChI=1S/C24H22ClN3O4S/c1-3-4-11-32-19-10-7-16(13-20(19)31-2)14-21-23(30)28-24(33-21)26-22(29)18(27-28)12-15-5-8-17(25)9-6-15/h5-10,13-14H,3-4,11-12H2,1-2H3. The maximum atomic E-state index is 13.0. The number of hydrogen-bond donors (Lipinski definition) is 0. The smallest absolute Gasteiger partial charge is 0.296 e. The molecule has 0 aliphatic carbocycles. The van der Waals surface area contributed by atoms with Crippen LogP contribution in [0.2, 0.25) is 5.02 Å². The number of methoxy groups -OCH3 is 1. The fourth-order valence-corrected chi connectivity index (χ4v) is 4.25. The van der Waals surface area contributed by atoms with Crippen LogP contribution in [0.4, 0.5) is 0 Å². The predicted octanol–water partition coefficient (Wildman–Crippen LogP) is 3.49. The average molecular weight is 484 g/mol. The van der Waals surface area contributed by atoms with Gasteiger partial charge in [-0.15, -0.1) is 0 Å². The molecule has 7 nitrogen and oxygen atoms in total. The van der Waals surface area contributed by atoms with Gasteiger partial charge >= 0.3 is 0 Å². The summed E-state index contributed by atoms with van der Waals surface area (Å²) >= 11 is 7.03. The third-order valence-electron chi connectivity index (χ3n) is 4.98. The zero-order valence-corrected chi connectivity index (χ0v) is 19.8. The number of nitrogens with zero attached hydrogens (tertiary/aromatic N) is 3. The van der Waals surface area contributed by atoms with E-state index in [0.29, 0.717) is 27.7 Å². The van der Waals surface area contributed by atoms with Crippen LogP contribution >= 0.6 is 22.9 Å². The van der Waals surface area contributed by atoms with Crippen molar-refractivity contribution in [3.8, 4) is 11.5 Å². The molecule has 0 unspecified atom stereocenters. The lowest BCUT2D eigenvalue weighted by atomic mass is 10.1. The number of rotatable bonds is 8. The van der Waals surface area contributed by atoms with E-state index in [4.69, 9.17) is 21.1 Å². The van der Waals surface area contributed by atoms with Gasteiger partial charge < -0.3 is 9.47 Å². The maximum Gasteiger partial charge on any atom is 0.296 e. The normalized spacial score (nSPS) is 11.8. The molecule has 2 heterocycles. The molecule has 0 bridgehead atoms. The lowest BCUT2D eigenvalue weighted by Crippen LogP contribution is -2.28. The summed E-state index contributed by atoms with van der Waals surface area (Å²) in [5, 5.41) is 4.89. The first-order chi connectivity index (χ1) is 16.0.